The van der Waals surface area contributed by atoms with Crippen LogP contribution in [0.2, 0.25) is 0 Å². The van der Waals surface area contributed by atoms with E-state index in [1.807, 2.05) is 18.2 Å². The molecule has 0 spiro atoms. The van der Waals surface area contributed by atoms with Gasteiger partial charge in [-0.25, -0.2) is 0 Å². The van der Waals surface area contributed by atoms with Crippen molar-refractivity contribution in [3.63, 3.8) is 0 Å². The van der Waals surface area contributed by atoms with Crippen LogP contribution >= 0.6 is 15.9 Å². The fraction of sp³-hybridized carbons (Fsp3) is 0.214. The summed E-state index contributed by atoms with van der Waals surface area (Å²) >= 11 is 3.47. The minimum absolute atomic E-state index is 0.148. The molecule has 4 nitrogen and oxygen atoms in total. The minimum Gasteiger partial charge on any atom is -0.459 e. The second-order valence-corrected chi connectivity index (χ2v) is 5.43. The molecule has 0 radical (unpaired) electrons. The van der Waals surface area contributed by atoms with E-state index in [-0.39, 0.29) is 6.04 Å². The normalized spacial score (nSPS) is 12.9. The minimum atomic E-state index is 0.148. The Morgan fingerprint density at radius 1 is 1.37 bits per heavy atom. The van der Waals surface area contributed by atoms with Gasteiger partial charge in [0, 0.05) is 28.3 Å². The van der Waals surface area contributed by atoms with Crippen LogP contribution < -0.4 is 5.32 Å². The first-order valence-electron chi connectivity index (χ1n) is 6.13. The lowest BCUT2D eigenvalue weighted by atomic mass is 10.2. The Morgan fingerprint density at radius 2 is 2.26 bits per heavy atom. The summed E-state index contributed by atoms with van der Waals surface area (Å²) in [5.74, 6) is 0.938. The molecular weight excluding hydrogens is 306 g/mol. The number of H-pyrrole nitrogens is 1. The van der Waals surface area contributed by atoms with Crippen molar-refractivity contribution in [3.8, 4) is 0 Å². The van der Waals surface area contributed by atoms with Gasteiger partial charge in [-0.1, -0.05) is 15.9 Å². The summed E-state index contributed by atoms with van der Waals surface area (Å²) in [5.41, 5.74) is 1.97. The molecule has 0 aliphatic rings. The van der Waals surface area contributed by atoms with E-state index >= 15 is 0 Å². The van der Waals surface area contributed by atoms with E-state index in [9.17, 15) is 0 Å². The Morgan fingerprint density at radius 3 is 3.05 bits per heavy atom. The van der Waals surface area contributed by atoms with Crippen molar-refractivity contribution in [2.45, 2.75) is 19.5 Å². The highest BCUT2D eigenvalue weighted by Gasteiger charge is 2.11. The molecule has 5 heteroatoms. The highest BCUT2D eigenvalue weighted by molar-refractivity contribution is 9.10. The number of rotatable bonds is 4. The summed E-state index contributed by atoms with van der Waals surface area (Å²) in [4.78, 5) is 0. The Kier molecular flexibility index (Phi) is 3.40. The summed E-state index contributed by atoms with van der Waals surface area (Å²) in [7, 11) is 0. The van der Waals surface area contributed by atoms with Crippen LogP contribution in [0.5, 0.6) is 0 Å². The molecule has 0 fully saturated rings. The zero-order valence-electron chi connectivity index (χ0n) is 10.5. The average molecular weight is 320 g/mol. The summed E-state index contributed by atoms with van der Waals surface area (Å²) in [5, 5.41) is 11.4. The molecule has 1 unspecified atom stereocenters. The summed E-state index contributed by atoms with van der Waals surface area (Å²) < 4.78 is 6.91. The van der Waals surface area contributed by atoms with Crippen LogP contribution in [0.4, 0.5) is 0 Å². The van der Waals surface area contributed by atoms with Gasteiger partial charge in [-0.3, -0.25) is 5.10 Å². The number of nitrogens with one attached hydrogen (secondary N) is 2. The van der Waals surface area contributed by atoms with Crippen molar-refractivity contribution in [1.29, 1.82) is 0 Å². The number of aromatic nitrogens is 2. The third-order valence-electron chi connectivity index (χ3n) is 3.08. The van der Waals surface area contributed by atoms with E-state index in [0.717, 1.165) is 33.4 Å². The van der Waals surface area contributed by atoms with Crippen molar-refractivity contribution in [2.24, 2.45) is 0 Å². The number of benzene rings is 1. The van der Waals surface area contributed by atoms with E-state index < -0.39 is 0 Å². The standard InChI is InChI=1S/C14H14BrN3O/c1-9(16-8-12-4-5-17-18-12)14-7-10-6-11(15)2-3-13(10)19-14/h2-7,9,16H,8H2,1H3,(H,17,18). The quantitative estimate of drug-likeness (QED) is 0.769. The molecule has 0 amide bonds. The van der Waals surface area contributed by atoms with Crippen molar-refractivity contribution >= 4 is 26.9 Å². The van der Waals surface area contributed by atoms with Gasteiger partial charge < -0.3 is 9.73 Å². The van der Waals surface area contributed by atoms with Gasteiger partial charge in [0.05, 0.1) is 6.04 Å². The summed E-state index contributed by atoms with van der Waals surface area (Å²) in [6.45, 7) is 2.82. The highest BCUT2D eigenvalue weighted by atomic mass is 79.9. The van der Waals surface area contributed by atoms with Crippen molar-refractivity contribution in [2.75, 3.05) is 0 Å². The average Bonchev–Trinajstić information content (AvgIpc) is 3.04. The van der Waals surface area contributed by atoms with Gasteiger partial charge in [0.2, 0.25) is 0 Å². The number of hydrogen-bond acceptors (Lipinski definition) is 3. The number of furan rings is 1. The van der Waals surface area contributed by atoms with E-state index in [0.29, 0.717) is 0 Å². The molecule has 98 valence electrons. The van der Waals surface area contributed by atoms with Crippen LogP contribution in [0.1, 0.15) is 24.4 Å². The van der Waals surface area contributed by atoms with Gasteiger partial charge in [0.25, 0.3) is 0 Å². The first-order valence-corrected chi connectivity index (χ1v) is 6.92. The van der Waals surface area contributed by atoms with Crippen LogP contribution in [-0.2, 0) is 6.54 Å². The Hall–Kier alpha value is -1.59. The predicted octanol–water partition coefficient (Wildman–Crippen LogP) is 3.77. The molecule has 0 bridgehead atoms. The lowest BCUT2D eigenvalue weighted by Crippen LogP contribution is -2.17. The number of fused-ring (bicyclic) bond motifs is 1. The Bertz CT molecular complexity index is 675. The molecule has 1 aromatic carbocycles. The van der Waals surface area contributed by atoms with Crippen molar-refractivity contribution < 1.29 is 4.42 Å². The molecule has 1 atom stereocenters. The maximum atomic E-state index is 5.85. The predicted molar refractivity (Wildman–Crippen MR) is 77.8 cm³/mol. The van der Waals surface area contributed by atoms with Crippen LogP contribution in [0.25, 0.3) is 11.0 Å². The molecular formula is C14H14BrN3O. The number of nitrogens with zero attached hydrogens (tertiary/aromatic N) is 1. The molecule has 2 N–H and O–H groups in total. The fourth-order valence-corrected chi connectivity index (χ4v) is 2.37. The molecule has 19 heavy (non-hydrogen) atoms. The second-order valence-electron chi connectivity index (χ2n) is 4.52. The zero-order chi connectivity index (χ0) is 13.2. The van der Waals surface area contributed by atoms with Crippen molar-refractivity contribution in [3.05, 3.63) is 52.5 Å². The van der Waals surface area contributed by atoms with E-state index in [1.165, 1.54) is 0 Å². The maximum absolute atomic E-state index is 5.85. The van der Waals surface area contributed by atoms with Gasteiger partial charge in [-0.2, -0.15) is 5.10 Å². The SMILES string of the molecule is CC(NCc1ccn[nH]1)c1cc2cc(Br)ccc2o1. The summed E-state index contributed by atoms with van der Waals surface area (Å²) in [6.07, 6.45) is 1.75. The van der Waals surface area contributed by atoms with Crippen LogP contribution in [0, 0.1) is 0 Å². The van der Waals surface area contributed by atoms with Crippen LogP contribution in [-0.4, -0.2) is 10.2 Å². The monoisotopic (exact) mass is 319 g/mol. The topological polar surface area (TPSA) is 53.9 Å². The lowest BCUT2D eigenvalue weighted by molar-refractivity contribution is 0.449. The third-order valence-corrected chi connectivity index (χ3v) is 3.57. The first-order chi connectivity index (χ1) is 9.22. The second kappa shape index (κ2) is 5.19. The molecule has 0 aliphatic carbocycles. The Labute approximate surface area is 119 Å². The fourth-order valence-electron chi connectivity index (χ4n) is 1.99. The highest BCUT2D eigenvalue weighted by Crippen LogP contribution is 2.26. The Balaban J connectivity index is 1.75. The number of aromatic amines is 1. The summed E-state index contributed by atoms with van der Waals surface area (Å²) in [6, 6.07) is 10.2. The van der Waals surface area contributed by atoms with Gasteiger partial charge in [-0.15, -0.1) is 0 Å². The van der Waals surface area contributed by atoms with Gasteiger partial charge in [-0.05, 0) is 37.3 Å². The van der Waals surface area contributed by atoms with E-state index in [1.54, 1.807) is 6.20 Å². The molecule has 2 aromatic heterocycles. The molecule has 0 saturated carbocycles. The number of halogens is 1. The number of hydrogen-bond donors (Lipinski definition) is 2. The lowest BCUT2D eigenvalue weighted by Gasteiger charge is -2.09. The molecule has 0 saturated heterocycles. The molecule has 3 rings (SSSR count). The largest absolute Gasteiger partial charge is 0.459 e. The van der Waals surface area contributed by atoms with Crippen molar-refractivity contribution in [1.82, 2.24) is 15.5 Å². The zero-order valence-corrected chi connectivity index (χ0v) is 12.1. The van der Waals surface area contributed by atoms with Gasteiger partial charge in [0.1, 0.15) is 11.3 Å². The van der Waals surface area contributed by atoms with E-state index in [4.69, 9.17) is 4.42 Å². The third kappa shape index (κ3) is 2.72. The molecule has 3 aromatic rings. The van der Waals surface area contributed by atoms with Gasteiger partial charge >= 0.3 is 0 Å². The first kappa shape index (κ1) is 12.4. The maximum Gasteiger partial charge on any atom is 0.134 e. The smallest absolute Gasteiger partial charge is 0.134 e. The van der Waals surface area contributed by atoms with E-state index in [2.05, 4.69) is 50.5 Å². The van der Waals surface area contributed by atoms with Crippen LogP contribution in [0.3, 0.4) is 0 Å². The molecule has 2 heterocycles. The molecule has 0 aliphatic heterocycles. The van der Waals surface area contributed by atoms with Gasteiger partial charge in [0.15, 0.2) is 0 Å². The van der Waals surface area contributed by atoms with Crippen LogP contribution in [0.15, 0.2) is 45.4 Å².